The fraction of sp³-hybridized carbons (Fsp3) is 0.794. The molecule has 1 aliphatic heterocycles. The van der Waals surface area contributed by atoms with E-state index in [4.69, 9.17) is 20.8 Å². The first-order chi connectivity index (χ1) is 20.7. The minimum Gasteiger partial charge on any atom is -0.414 e. The third kappa shape index (κ3) is 9.88. The molecule has 1 aliphatic carbocycles. The number of piperidine rings is 1. The lowest BCUT2D eigenvalue weighted by atomic mass is 9.74. The van der Waals surface area contributed by atoms with E-state index in [0.717, 1.165) is 44.9 Å². The number of rotatable bonds is 14. The van der Waals surface area contributed by atoms with Gasteiger partial charge in [-0.05, 0) is 101 Å². The maximum Gasteiger partial charge on any atom is 0.317 e. The SMILES string of the molecule is CNC[C@H](CC1CCC(O[Si](C)(C)C(C)(C)C)CC1)NC(=O)N1CCC[C@@H]([C@@](O)(CCCCOC)c2cccc(Cl)c2F)C1. The summed E-state index contributed by atoms with van der Waals surface area (Å²) in [6, 6.07) is 4.71. The summed E-state index contributed by atoms with van der Waals surface area (Å²) >= 11 is 6.15. The Morgan fingerprint density at radius 2 is 1.89 bits per heavy atom. The van der Waals surface area contributed by atoms with Gasteiger partial charge in [0, 0.05) is 57.0 Å². The van der Waals surface area contributed by atoms with Crippen molar-refractivity contribution in [3.8, 4) is 0 Å². The van der Waals surface area contributed by atoms with Crippen molar-refractivity contribution in [1.29, 1.82) is 0 Å². The number of nitrogens with zero attached hydrogens (tertiary/aromatic N) is 1. The summed E-state index contributed by atoms with van der Waals surface area (Å²) in [7, 11) is 1.79. The van der Waals surface area contributed by atoms with Crippen molar-refractivity contribution in [3.05, 3.63) is 34.6 Å². The number of nitrogens with one attached hydrogen (secondary N) is 2. The summed E-state index contributed by atoms with van der Waals surface area (Å²) in [5.41, 5.74) is -1.21. The van der Waals surface area contributed by atoms with Crippen LogP contribution in [0, 0.1) is 17.7 Å². The Bertz CT molecular complexity index is 1050. The van der Waals surface area contributed by atoms with Crippen molar-refractivity contribution in [1.82, 2.24) is 15.5 Å². The van der Waals surface area contributed by atoms with Gasteiger partial charge in [-0.1, -0.05) is 44.5 Å². The van der Waals surface area contributed by atoms with Crippen molar-refractivity contribution in [2.24, 2.45) is 11.8 Å². The zero-order valence-corrected chi connectivity index (χ0v) is 30.1. The van der Waals surface area contributed by atoms with Crippen LogP contribution in [0.5, 0.6) is 0 Å². The quantitative estimate of drug-likeness (QED) is 0.143. The van der Waals surface area contributed by atoms with E-state index in [1.807, 2.05) is 11.9 Å². The zero-order valence-electron chi connectivity index (χ0n) is 28.3. The van der Waals surface area contributed by atoms with Crippen LogP contribution in [0.15, 0.2) is 18.2 Å². The van der Waals surface area contributed by atoms with Gasteiger partial charge in [0.05, 0.1) is 10.6 Å². The largest absolute Gasteiger partial charge is 0.414 e. The van der Waals surface area contributed by atoms with Crippen LogP contribution < -0.4 is 10.6 Å². The van der Waals surface area contributed by atoms with Gasteiger partial charge in [-0.25, -0.2) is 9.18 Å². The molecule has 2 amide bonds. The Kier molecular flexibility index (Phi) is 14.0. The highest BCUT2D eigenvalue weighted by atomic mass is 35.5. The molecule has 3 atom stereocenters. The molecule has 3 N–H and O–H groups in total. The zero-order chi connectivity index (χ0) is 32.5. The molecule has 3 rings (SSSR count). The van der Waals surface area contributed by atoms with Gasteiger partial charge in [0.25, 0.3) is 0 Å². The predicted molar refractivity (Wildman–Crippen MR) is 180 cm³/mol. The number of unbranched alkanes of at least 4 members (excludes halogenated alkanes) is 1. The summed E-state index contributed by atoms with van der Waals surface area (Å²) in [5.74, 6) is -0.343. The van der Waals surface area contributed by atoms with E-state index in [1.54, 1.807) is 19.2 Å². The second-order valence-electron chi connectivity index (χ2n) is 14.7. The van der Waals surface area contributed by atoms with Crippen molar-refractivity contribution >= 4 is 25.9 Å². The predicted octanol–water partition coefficient (Wildman–Crippen LogP) is 7.46. The number of likely N-dealkylation sites (tertiary alicyclic amines) is 1. The molecule has 0 radical (unpaired) electrons. The topological polar surface area (TPSA) is 83.1 Å². The molecule has 0 spiro atoms. The van der Waals surface area contributed by atoms with Crippen LogP contribution in [-0.2, 0) is 14.8 Å². The minimum absolute atomic E-state index is 0.00119. The Balaban J connectivity index is 1.63. The number of ether oxygens (including phenoxy) is 1. The van der Waals surface area contributed by atoms with Crippen LogP contribution in [0.25, 0.3) is 0 Å². The van der Waals surface area contributed by atoms with Gasteiger partial charge in [0.15, 0.2) is 8.32 Å². The molecular formula is C34H59ClFN3O4Si. The van der Waals surface area contributed by atoms with Crippen LogP contribution in [-0.4, -0.2) is 76.9 Å². The first-order valence-electron chi connectivity index (χ1n) is 16.8. The van der Waals surface area contributed by atoms with Crippen LogP contribution in [0.1, 0.15) is 90.5 Å². The van der Waals surface area contributed by atoms with Gasteiger partial charge in [-0.3, -0.25) is 0 Å². The van der Waals surface area contributed by atoms with E-state index in [9.17, 15) is 9.90 Å². The molecule has 1 saturated heterocycles. The molecule has 44 heavy (non-hydrogen) atoms. The van der Waals surface area contributed by atoms with Gasteiger partial charge in [-0.15, -0.1) is 0 Å². The molecular weight excluding hydrogens is 597 g/mol. The van der Waals surface area contributed by atoms with Crippen molar-refractivity contribution in [2.45, 2.75) is 121 Å². The molecule has 2 fully saturated rings. The number of methoxy groups -OCH3 is 1. The highest BCUT2D eigenvalue weighted by molar-refractivity contribution is 6.74. The Morgan fingerprint density at radius 1 is 1.18 bits per heavy atom. The number of hydrogen-bond acceptors (Lipinski definition) is 5. The minimum atomic E-state index is -1.78. The molecule has 1 aromatic rings. The van der Waals surface area contributed by atoms with Crippen LogP contribution >= 0.6 is 11.6 Å². The van der Waals surface area contributed by atoms with E-state index in [0.29, 0.717) is 57.5 Å². The molecule has 1 saturated carbocycles. The molecule has 10 heteroatoms. The third-order valence-electron chi connectivity index (χ3n) is 10.4. The summed E-state index contributed by atoms with van der Waals surface area (Å²) in [6.07, 6.45) is 8.90. The molecule has 0 unspecified atom stereocenters. The molecule has 1 aromatic carbocycles. The number of benzene rings is 1. The van der Waals surface area contributed by atoms with E-state index in [-0.39, 0.29) is 33.6 Å². The monoisotopic (exact) mass is 655 g/mol. The van der Waals surface area contributed by atoms with Gasteiger partial charge < -0.3 is 29.8 Å². The number of carbonyl (C=O) groups is 1. The second-order valence-corrected chi connectivity index (χ2v) is 19.9. The Morgan fingerprint density at radius 3 is 2.52 bits per heavy atom. The summed E-state index contributed by atoms with van der Waals surface area (Å²) in [5, 5.41) is 18.9. The molecule has 1 heterocycles. The van der Waals surface area contributed by atoms with E-state index in [1.165, 1.54) is 6.07 Å². The lowest BCUT2D eigenvalue weighted by Gasteiger charge is -2.43. The van der Waals surface area contributed by atoms with Crippen LogP contribution in [0.4, 0.5) is 9.18 Å². The van der Waals surface area contributed by atoms with Gasteiger partial charge in [-0.2, -0.15) is 0 Å². The van der Waals surface area contributed by atoms with E-state index in [2.05, 4.69) is 44.5 Å². The average molecular weight is 656 g/mol. The average Bonchev–Trinajstić information content (AvgIpc) is 2.97. The van der Waals surface area contributed by atoms with Gasteiger partial charge in [0.1, 0.15) is 5.82 Å². The van der Waals surface area contributed by atoms with Crippen molar-refractivity contribution in [3.63, 3.8) is 0 Å². The number of urea groups is 1. The Hall–Kier alpha value is -1.23. The summed E-state index contributed by atoms with van der Waals surface area (Å²) in [4.78, 5) is 15.4. The van der Waals surface area contributed by atoms with Crippen LogP contribution in [0.3, 0.4) is 0 Å². The normalized spacial score (nSPS) is 23.7. The number of aliphatic hydroxyl groups is 1. The molecule has 7 nitrogen and oxygen atoms in total. The number of amides is 2. The van der Waals surface area contributed by atoms with Gasteiger partial charge in [0.2, 0.25) is 0 Å². The second kappa shape index (κ2) is 16.5. The highest BCUT2D eigenvalue weighted by Crippen LogP contribution is 2.42. The fourth-order valence-corrected chi connectivity index (χ4v) is 8.37. The van der Waals surface area contributed by atoms with Crippen LogP contribution in [0.2, 0.25) is 23.2 Å². The maximum atomic E-state index is 15.3. The van der Waals surface area contributed by atoms with Crippen molar-refractivity contribution < 1.29 is 23.5 Å². The smallest absolute Gasteiger partial charge is 0.317 e. The Labute approximate surface area is 272 Å². The first kappa shape index (κ1) is 37.2. The summed E-state index contributed by atoms with van der Waals surface area (Å²) < 4.78 is 27.2. The first-order valence-corrected chi connectivity index (χ1v) is 20.0. The molecule has 0 bridgehead atoms. The lowest BCUT2D eigenvalue weighted by Crippen LogP contribution is -2.54. The number of carbonyl (C=O) groups excluding carboxylic acids is 1. The standard InChI is InChI=1S/C34H59ClFN3O4Si/c1-33(2,3)44(6,7)43-28-17-15-25(16-18-28)22-27(23-37-4)38-32(40)39-20-11-12-26(24-39)34(41,19-8-9-21-42-5)29-13-10-14-30(35)31(29)36/h10,13-14,25-28,37,41H,8-9,11-12,15-24H2,1-7H3,(H,38,40)/t25?,26-,27+,28?,34+/m1/s1. The van der Waals surface area contributed by atoms with E-state index >= 15 is 4.39 Å². The lowest BCUT2D eigenvalue weighted by molar-refractivity contribution is -0.0587. The molecule has 0 aromatic heterocycles. The molecule has 2 aliphatic rings. The fourth-order valence-electron chi connectivity index (χ4n) is 6.78. The highest BCUT2D eigenvalue weighted by Gasteiger charge is 2.43. The third-order valence-corrected chi connectivity index (χ3v) is 15.2. The van der Waals surface area contributed by atoms with E-state index < -0.39 is 19.7 Å². The number of hydrogen-bond donors (Lipinski definition) is 3. The van der Waals surface area contributed by atoms with Crippen molar-refractivity contribution in [2.75, 3.05) is 40.4 Å². The van der Waals surface area contributed by atoms with Gasteiger partial charge >= 0.3 is 6.03 Å². The maximum absolute atomic E-state index is 15.3. The number of halogens is 2. The molecule has 252 valence electrons. The number of likely N-dealkylation sites (N-methyl/N-ethyl adjacent to an activating group) is 1. The summed E-state index contributed by atoms with van der Waals surface area (Å²) in [6.45, 7) is 13.8.